The van der Waals surface area contributed by atoms with Crippen molar-refractivity contribution in [2.75, 3.05) is 6.61 Å². The molecule has 0 bridgehead atoms. The Labute approximate surface area is 167 Å². The molecule has 0 amide bonds. The number of fused-ring (bicyclic) bond motifs is 1. The number of ketones is 1. The number of hydrogen-bond acceptors (Lipinski definition) is 3. The topological polar surface area (TPSA) is 39.4 Å². The molecule has 0 radical (unpaired) electrons. The van der Waals surface area contributed by atoms with Crippen molar-refractivity contribution in [3.8, 4) is 5.75 Å². The van der Waals surface area contributed by atoms with Gasteiger partial charge in [0.05, 0.1) is 19.1 Å². The number of hydrogen-bond donors (Lipinski definition) is 0. The first-order valence-corrected chi connectivity index (χ1v) is 10.5. The quantitative estimate of drug-likeness (QED) is 0.632. The van der Waals surface area contributed by atoms with Crippen molar-refractivity contribution in [2.24, 2.45) is 23.2 Å². The van der Waals surface area contributed by atoms with Crippen LogP contribution in [0.3, 0.4) is 0 Å². The normalized spacial score (nSPS) is 29.9. The molecule has 2 aliphatic carbocycles. The Morgan fingerprint density at radius 1 is 1.18 bits per heavy atom. The maximum atomic E-state index is 12.5. The van der Waals surface area contributed by atoms with Gasteiger partial charge in [0.1, 0.15) is 5.75 Å². The third-order valence-corrected chi connectivity index (χ3v) is 7.22. The first kappa shape index (κ1) is 19.0. The molecule has 0 spiro atoms. The third kappa shape index (κ3) is 3.67. The molecule has 1 saturated carbocycles. The summed E-state index contributed by atoms with van der Waals surface area (Å²) in [6.45, 7) is 5.17. The zero-order valence-electron chi connectivity index (χ0n) is 16.9. The molecule has 0 aliphatic heterocycles. The molecule has 3 nitrogen and oxygen atoms in total. The smallest absolute Gasteiger partial charge is 0.155 e. The van der Waals surface area contributed by atoms with E-state index in [1.54, 1.807) is 6.26 Å². The van der Waals surface area contributed by atoms with Gasteiger partial charge in [-0.15, -0.1) is 0 Å². The molecule has 1 aromatic carbocycles. The zero-order valence-corrected chi connectivity index (χ0v) is 16.9. The van der Waals surface area contributed by atoms with Gasteiger partial charge in [-0.25, -0.2) is 0 Å². The number of aryl methyl sites for hydroxylation is 1. The van der Waals surface area contributed by atoms with Crippen LogP contribution in [0.15, 0.2) is 65.0 Å². The predicted octanol–water partition coefficient (Wildman–Crippen LogP) is 5.86. The lowest BCUT2D eigenvalue weighted by molar-refractivity contribution is -0.122. The molecule has 2 aliphatic rings. The Hall–Kier alpha value is -2.29. The Morgan fingerprint density at radius 2 is 2.00 bits per heavy atom. The largest absolute Gasteiger partial charge is 0.493 e. The van der Waals surface area contributed by atoms with Gasteiger partial charge in [0.15, 0.2) is 5.78 Å². The van der Waals surface area contributed by atoms with Crippen LogP contribution in [0, 0.1) is 23.2 Å². The summed E-state index contributed by atoms with van der Waals surface area (Å²) in [4.78, 5) is 12.5. The Balaban J connectivity index is 1.65. The van der Waals surface area contributed by atoms with Crippen molar-refractivity contribution >= 4 is 5.78 Å². The fourth-order valence-electron chi connectivity index (χ4n) is 5.51. The number of furan rings is 1. The van der Waals surface area contributed by atoms with Gasteiger partial charge < -0.3 is 9.15 Å². The molecule has 148 valence electrons. The van der Waals surface area contributed by atoms with Crippen LogP contribution in [0.25, 0.3) is 0 Å². The first-order chi connectivity index (χ1) is 13.6. The number of carbonyl (C=O) groups excluding carboxylic acids is 1. The van der Waals surface area contributed by atoms with Gasteiger partial charge in [-0.2, -0.15) is 0 Å². The van der Waals surface area contributed by atoms with E-state index in [1.165, 1.54) is 24.0 Å². The summed E-state index contributed by atoms with van der Waals surface area (Å²) in [5, 5.41) is 0. The van der Waals surface area contributed by atoms with Crippen LogP contribution in [-0.2, 0) is 11.2 Å². The van der Waals surface area contributed by atoms with E-state index in [0.717, 1.165) is 18.6 Å². The number of rotatable bonds is 6. The Kier molecular flexibility index (Phi) is 5.43. The van der Waals surface area contributed by atoms with E-state index in [-0.39, 0.29) is 11.2 Å². The predicted molar refractivity (Wildman–Crippen MR) is 110 cm³/mol. The monoisotopic (exact) mass is 378 g/mol. The maximum Gasteiger partial charge on any atom is 0.155 e. The van der Waals surface area contributed by atoms with Gasteiger partial charge in [-0.1, -0.05) is 30.7 Å². The number of para-hydroxylation sites is 1. The molecule has 1 aromatic heterocycles. The molecule has 3 heteroatoms. The van der Waals surface area contributed by atoms with E-state index in [9.17, 15) is 4.79 Å². The van der Waals surface area contributed by atoms with Gasteiger partial charge in [0, 0.05) is 11.8 Å². The SMILES string of the molecule is CC1=CC(=O)CC2C1CCC(C)C2(CCc1ccoc1)COc1ccccc1. The van der Waals surface area contributed by atoms with E-state index in [0.29, 0.717) is 30.8 Å². The van der Waals surface area contributed by atoms with Crippen LogP contribution in [0.5, 0.6) is 5.75 Å². The van der Waals surface area contributed by atoms with Crippen molar-refractivity contribution < 1.29 is 13.9 Å². The van der Waals surface area contributed by atoms with Gasteiger partial charge >= 0.3 is 0 Å². The molecular weight excluding hydrogens is 348 g/mol. The maximum absolute atomic E-state index is 12.5. The van der Waals surface area contributed by atoms with E-state index in [1.807, 2.05) is 48.7 Å². The fourth-order valence-corrected chi connectivity index (χ4v) is 5.51. The standard InChI is InChI=1S/C25H30O3/c1-18-14-21(26)15-24-23(18)9-8-19(2)25(24,12-10-20-11-13-27-16-20)17-28-22-6-4-3-5-7-22/h3-7,11,13-14,16,19,23-24H,8-10,12,15,17H2,1-2H3. The Bertz CT molecular complexity index is 821. The minimum Gasteiger partial charge on any atom is -0.493 e. The molecule has 4 atom stereocenters. The zero-order chi connectivity index (χ0) is 19.6. The number of benzene rings is 1. The highest BCUT2D eigenvalue weighted by atomic mass is 16.5. The van der Waals surface area contributed by atoms with Crippen LogP contribution in [0.1, 0.15) is 45.1 Å². The Morgan fingerprint density at radius 3 is 2.75 bits per heavy atom. The fraction of sp³-hybridized carbons (Fsp3) is 0.480. The molecule has 0 saturated heterocycles. The highest BCUT2D eigenvalue weighted by Crippen LogP contribution is 2.55. The number of carbonyl (C=O) groups is 1. The number of allylic oxidation sites excluding steroid dienone is 2. The van der Waals surface area contributed by atoms with Gasteiger partial charge in [-0.3, -0.25) is 4.79 Å². The summed E-state index contributed by atoms with van der Waals surface area (Å²) in [5.74, 6) is 2.55. The van der Waals surface area contributed by atoms with E-state index >= 15 is 0 Å². The van der Waals surface area contributed by atoms with Crippen LogP contribution < -0.4 is 4.74 Å². The molecule has 4 rings (SSSR count). The summed E-state index contributed by atoms with van der Waals surface area (Å²) in [6.07, 6.45) is 10.5. The van der Waals surface area contributed by atoms with Gasteiger partial charge in [-0.05, 0) is 80.2 Å². The molecule has 0 N–H and O–H groups in total. The third-order valence-electron chi connectivity index (χ3n) is 7.22. The van der Waals surface area contributed by atoms with E-state index < -0.39 is 0 Å². The highest BCUT2D eigenvalue weighted by Gasteiger charge is 2.51. The minimum atomic E-state index is -0.0127. The lowest BCUT2D eigenvalue weighted by Crippen LogP contribution is -2.51. The van der Waals surface area contributed by atoms with Gasteiger partial charge in [0.2, 0.25) is 0 Å². The summed E-state index contributed by atoms with van der Waals surface area (Å²) >= 11 is 0. The molecule has 1 fully saturated rings. The van der Waals surface area contributed by atoms with Gasteiger partial charge in [0.25, 0.3) is 0 Å². The van der Waals surface area contributed by atoms with Crippen LogP contribution in [0.4, 0.5) is 0 Å². The van der Waals surface area contributed by atoms with Crippen LogP contribution >= 0.6 is 0 Å². The lowest BCUT2D eigenvalue weighted by atomic mass is 9.52. The van der Waals surface area contributed by atoms with Crippen molar-refractivity contribution in [3.05, 3.63) is 66.1 Å². The summed E-state index contributed by atoms with van der Waals surface area (Å²) in [7, 11) is 0. The minimum absolute atomic E-state index is 0.0127. The second-order valence-corrected chi connectivity index (χ2v) is 8.72. The summed E-state index contributed by atoms with van der Waals surface area (Å²) in [5.41, 5.74) is 2.48. The molecule has 4 unspecified atom stereocenters. The second-order valence-electron chi connectivity index (χ2n) is 8.72. The second kappa shape index (κ2) is 7.98. The van der Waals surface area contributed by atoms with E-state index in [2.05, 4.69) is 13.8 Å². The van der Waals surface area contributed by atoms with E-state index in [4.69, 9.17) is 9.15 Å². The van der Waals surface area contributed by atoms with Crippen molar-refractivity contribution in [2.45, 2.75) is 46.0 Å². The van der Waals surface area contributed by atoms with Crippen molar-refractivity contribution in [3.63, 3.8) is 0 Å². The number of ether oxygens (including phenoxy) is 1. The average Bonchev–Trinajstić information content (AvgIpc) is 3.21. The average molecular weight is 379 g/mol. The molecule has 28 heavy (non-hydrogen) atoms. The summed E-state index contributed by atoms with van der Waals surface area (Å²) < 4.78 is 11.6. The first-order valence-electron chi connectivity index (χ1n) is 10.5. The lowest BCUT2D eigenvalue weighted by Gasteiger charge is -2.53. The molecule has 1 heterocycles. The molecule has 2 aromatic rings. The van der Waals surface area contributed by atoms with Crippen molar-refractivity contribution in [1.82, 2.24) is 0 Å². The van der Waals surface area contributed by atoms with Crippen LogP contribution in [0.2, 0.25) is 0 Å². The van der Waals surface area contributed by atoms with Crippen molar-refractivity contribution in [1.29, 1.82) is 0 Å². The highest BCUT2D eigenvalue weighted by molar-refractivity contribution is 5.91. The summed E-state index contributed by atoms with van der Waals surface area (Å²) in [6, 6.07) is 12.1. The molecular formula is C25H30O3. The van der Waals surface area contributed by atoms with Crippen LogP contribution in [-0.4, -0.2) is 12.4 Å².